The van der Waals surface area contributed by atoms with Crippen molar-refractivity contribution in [3.05, 3.63) is 54.1 Å². The van der Waals surface area contributed by atoms with E-state index < -0.39 is 20.1 Å². The normalized spacial score (nSPS) is 13.1. The molecule has 1 N–H and O–H groups in total. The Bertz CT molecular complexity index is 1120. The van der Waals surface area contributed by atoms with Crippen LogP contribution in [0.1, 0.15) is 5.56 Å². The Morgan fingerprint density at radius 1 is 1.13 bits per heavy atom. The smallest absolute Gasteiger partial charge is 0.215 e. The van der Waals surface area contributed by atoms with Crippen molar-refractivity contribution in [3.63, 3.8) is 0 Å². The maximum Gasteiger partial charge on any atom is 0.215 e. The first kappa shape index (κ1) is 22.7. The number of fused-ring (bicyclic) bond motifs is 1. The number of halogens is 1. The number of ether oxygens (including phenoxy) is 1. The minimum Gasteiger partial charge on any atom is -0.360 e. The molecule has 0 bridgehead atoms. The predicted molar refractivity (Wildman–Crippen MR) is 123 cm³/mol. The monoisotopic (exact) mass is 453 g/mol. The highest BCUT2D eigenvalue weighted by Gasteiger charge is 2.16. The first-order valence-electron chi connectivity index (χ1n) is 9.47. The predicted octanol–water partition coefficient (Wildman–Crippen LogP) is 3.56. The molecule has 30 heavy (non-hydrogen) atoms. The molecule has 6 nitrogen and oxygen atoms in total. The van der Waals surface area contributed by atoms with Gasteiger partial charge in [-0.1, -0.05) is 24.3 Å². The zero-order valence-corrected chi connectivity index (χ0v) is 19.3. The number of rotatable bonds is 9. The summed E-state index contributed by atoms with van der Waals surface area (Å²) in [5.74, 6) is 0.540. The minimum atomic E-state index is -3.35. The standard InChI is InChI=1S/C21H28FN3O3S2/c1-23-30(26,27)14-16-5-7-17(8-6-16)18-13-25(15-28-11-12-29(2,3)4)21-20(18)19(22)9-10-24-21/h5-10,13,23H,11-12,14-15H2,1-4H3. The zero-order chi connectivity index (χ0) is 21.9. The summed E-state index contributed by atoms with van der Waals surface area (Å²) in [4.78, 5) is 4.35. The van der Waals surface area contributed by atoms with Crippen molar-refractivity contribution in [1.82, 2.24) is 14.3 Å². The Morgan fingerprint density at radius 2 is 1.83 bits per heavy atom. The molecule has 0 spiro atoms. The van der Waals surface area contributed by atoms with Crippen LogP contribution in [0.4, 0.5) is 4.39 Å². The third kappa shape index (κ3) is 5.60. The summed E-state index contributed by atoms with van der Waals surface area (Å²) in [6, 6.07) is 8.42. The fraction of sp³-hybridized carbons (Fsp3) is 0.381. The van der Waals surface area contributed by atoms with E-state index in [9.17, 15) is 12.8 Å². The highest BCUT2D eigenvalue weighted by Crippen LogP contribution is 2.34. The van der Waals surface area contributed by atoms with Crippen LogP contribution >= 0.6 is 10.0 Å². The van der Waals surface area contributed by atoms with Crippen molar-refractivity contribution in [1.29, 1.82) is 0 Å². The van der Waals surface area contributed by atoms with Gasteiger partial charge in [0.1, 0.15) is 18.2 Å². The molecule has 0 atom stereocenters. The molecule has 0 aliphatic carbocycles. The lowest BCUT2D eigenvalue weighted by molar-refractivity contribution is 0.0924. The molecule has 2 heterocycles. The van der Waals surface area contributed by atoms with Gasteiger partial charge >= 0.3 is 0 Å². The highest BCUT2D eigenvalue weighted by atomic mass is 32.3. The molecule has 0 aliphatic rings. The maximum atomic E-state index is 14.7. The van der Waals surface area contributed by atoms with Crippen LogP contribution < -0.4 is 4.72 Å². The van der Waals surface area contributed by atoms with Crippen LogP contribution in [0.5, 0.6) is 0 Å². The van der Waals surface area contributed by atoms with Gasteiger partial charge in [-0.25, -0.2) is 32.5 Å². The number of nitrogens with one attached hydrogen (secondary N) is 1. The molecule has 0 radical (unpaired) electrons. The number of hydrogen-bond donors (Lipinski definition) is 1. The summed E-state index contributed by atoms with van der Waals surface area (Å²) in [7, 11) is -2.60. The fourth-order valence-corrected chi connectivity index (χ4v) is 4.43. The largest absolute Gasteiger partial charge is 0.360 e. The van der Waals surface area contributed by atoms with Gasteiger partial charge in [0.2, 0.25) is 10.0 Å². The first-order valence-corrected chi connectivity index (χ1v) is 14.2. The van der Waals surface area contributed by atoms with Crippen molar-refractivity contribution >= 4 is 31.1 Å². The van der Waals surface area contributed by atoms with E-state index in [-0.39, 0.29) is 11.6 Å². The molecule has 3 rings (SSSR count). The Morgan fingerprint density at radius 3 is 2.47 bits per heavy atom. The van der Waals surface area contributed by atoms with Crippen molar-refractivity contribution in [2.24, 2.45) is 0 Å². The average molecular weight is 454 g/mol. The van der Waals surface area contributed by atoms with Crippen molar-refractivity contribution in [3.8, 4) is 11.1 Å². The lowest BCUT2D eigenvalue weighted by atomic mass is 10.0. The van der Waals surface area contributed by atoms with Crippen LogP contribution in [0.15, 0.2) is 42.7 Å². The van der Waals surface area contributed by atoms with Crippen LogP contribution in [-0.4, -0.2) is 56.1 Å². The van der Waals surface area contributed by atoms with Gasteiger partial charge in [-0.2, -0.15) is 0 Å². The first-order chi connectivity index (χ1) is 14.1. The fourth-order valence-electron chi connectivity index (χ4n) is 3.04. The van der Waals surface area contributed by atoms with Gasteiger partial charge in [0.05, 0.1) is 17.7 Å². The van der Waals surface area contributed by atoms with Crippen LogP contribution in [-0.2, 0) is 27.2 Å². The lowest BCUT2D eigenvalue weighted by Crippen LogP contribution is -2.20. The molecule has 0 saturated heterocycles. The molecule has 2 aromatic heterocycles. The molecular weight excluding hydrogens is 425 g/mol. The van der Waals surface area contributed by atoms with E-state index >= 15 is 0 Å². The van der Waals surface area contributed by atoms with Crippen molar-refractivity contribution in [2.45, 2.75) is 12.5 Å². The van der Waals surface area contributed by atoms with Gasteiger partial charge in [0, 0.05) is 23.7 Å². The lowest BCUT2D eigenvalue weighted by Gasteiger charge is -2.24. The molecule has 0 unspecified atom stereocenters. The summed E-state index contributed by atoms with van der Waals surface area (Å²) >= 11 is 0. The molecule has 0 saturated carbocycles. The number of nitrogens with zero attached hydrogens (tertiary/aromatic N) is 2. The number of aromatic nitrogens is 2. The summed E-state index contributed by atoms with van der Waals surface area (Å²) in [5, 5.41) is 0.429. The van der Waals surface area contributed by atoms with Crippen LogP contribution in [0.2, 0.25) is 0 Å². The van der Waals surface area contributed by atoms with Gasteiger partial charge in [-0.3, -0.25) is 0 Å². The zero-order valence-electron chi connectivity index (χ0n) is 17.7. The molecule has 1 aromatic carbocycles. The Hall–Kier alpha value is -1.94. The Labute approximate surface area is 178 Å². The summed E-state index contributed by atoms with van der Waals surface area (Å²) in [6.07, 6.45) is 10.00. The van der Waals surface area contributed by atoms with Crippen molar-refractivity contribution in [2.75, 3.05) is 38.2 Å². The van der Waals surface area contributed by atoms with E-state index in [2.05, 4.69) is 28.5 Å². The summed E-state index contributed by atoms with van der Waals surface area (Å²) < 4.78 is 48.1. The van der Waals surface area contributed by atoms with Gasteiger partial charge in [-0.05, 0) is 43.0 Å². The number of benzene rings is 1. The van der Waals surface area contributed by atoms with Crippen LogP contribution in [0.3, 0.4) is 0 Å². The van der Waals surface area contributed by atoms with Crippen molar-refractivity contribution < 1.29 is 17.5 Å². The van der Waals surface area contributed by atoms with Gasteiger partial charge in [0.15, 0.2) is 0 Å². The van der Waals surface area contributed by atoms with Gasteiger partial charge in [-0.15, -0.1) is 0 Å². The van der Waals surface area contributed by atoms with E-state index in [0.29, 0.717) is 35.5 Å². The van der Waals surface area contributed by atoms with Crippen LogP contribution in [0.25, 0.3) is 22.2 Å². The Balaban J connectivity index is 1.89. The Kier molecular flexibility index (Phi) is 6.86. The number of pyridine rings is 1. The molecule has 164 valence electrons. The second kappa shape index (κ2) is 9.05. The maximum absolute atomic E-state index is 14.7. The number of sulfonamides is 1. The molecule has 0 amide bonds. The summed E-state index contributed by atoms with van der Waals surface area (Å²) in [5.41, 5.74) is 2.66. The second-order valence-corrected chi connectivity index (χ2v) is 14.5. The molecule has 9 heteroatoms. The molecular formula is C21H28FN3O3S2. The van der Waals surface area contributed by atoms with E-state index in [0.717, 1.165) is 11.3 Å². The van der Waals surface area contributed by atoms with Crippen LogP contribution in [0, 0.1) is 5.82 Å². The topological polar surface area (TPSA) is 73.2 Å². The van der Waals surface area contributed by atoms with E-state index in [4.69, 9.17) is 4.74 Å². The number of hydrogen-bond acceptors (Lipinski definition) is 4. The molecule has 0 fully saturated rings. The molecule has 3 aromatic rings. The van der Waals surface area contributed by atoms with E-state index in [1.807, 2.05) is 10.8 Å². The van der Waals surface area contributed by atoms with E-state index in [1.165, 1.54) is 19.3 Å². The quantitative estimate of drug-likeness (QED) is 0.503. The van der Waals surface area contributed by atoms with Gasteiger partial charge < -0.3 is 9.30 Å². The second-order valence-electron chi connectivity index (χ2n) is 8.00. The van der Waals surface area contributed by atoms with Gasteiger partial charge in [0.25, 0.3) is 0 Å². The minimum absolute atomic E-state index is 0.106. The van der Waals surface area contributed by atoms with E-state index in [1.54, 1.807) is 24.3 Å². The highest BCUT2D eigenvalue weighted by molar-refractivity contribution is 8.32. The third-order valence-corrected chi connectivity index (χ3v) is 7.44. The average Bonchev–Trinajstić information content (AvgIpc) is 3.05. The summed E-state index contributed by atoms with van der Waals surface area (Å²) in [6.45, 7) is 0.929. The SMILES string of the molecule is CNS(=O)(=O)Cc1ccc(-c2cn(COCCS(C)(C)C)c3nccc(F)c23)cc1. The molecule has 0 aliphatic heterocycles. The third-order valence-electron chi connectivity index (χ3n) is 4.71.